The molecule has 4 rings (SSSR count). The fourth-order valence-electron chi connectivity index (χ4n) is 2.49. The van der Waals surface area contributed by atoms with Crippen LogP contribution in [0.2, 0.25) is 0 Å². The Morgan fingerprint density at radius 3 is 2.55 bits per heavy atom. The van der Waals surface area contributed by atoms with E-state index in [0.717, 1.165) is 21.9 Å². The molecule has 0 aliphatic rings. The Morgan fingerprint density at radius 1 is 0.650 bits per heavy atom. The minimum absolute atomic E-state index is 1.03. The van der Waals surface area contributed by atoms with Gasteiger partial charge in [0.25, 0.3) is 0 Å². The van der Waals surface area contributed by atoms with E-state index in [-0.39, 0.29) is 0 Å². The molecular formula is C18H12N2. The van der Waals surface area contributed by atoms with E-state index in [1.54, 1.807) is 0 Å². The maximum atomic E-state index is 4.52. The predicted molar refractivity (Wildman–Crippen MR) is 82.5 cm³/mol. The first-order valence-electron chi connectivity index (χ1n) is 6.59. The van der Waals surface area contributed by atoms with E-state index in [1.165, 1.54) is 10.9 Å². The molecule has 0 radical (unpaired) electrons. The molecule has 20 heavy (non-hydrogen) atoms. The summed E-state index contributed by atoms with van der Waals surface area (Å²) in [6.07, 6.45) is 5.65. The Labute approximate surface area is 116 Å². The number of benzene rings is 2. The molecule has 2 aromatic carbocycles. The van der Waals surface area contributed by atoms with Crippen molar-refractivity contribution in [1.82, 2.24) is 9.97 Å². The third-order valence-electron chi connectivity index (χ3n) is 3.56. The fourth-order valence-corrected chi connectivity index (χ4v) is 2.49. The molecule has 0 fully saturated rings. The Kier molecular flexibility index (Phi) is 2.46. The van der Waals surface area contributed by atoms with Gasteiger partial charge in [0.2, 0.25) is 0 Å². The second kappa shape index (κ2) is 4.42. The summed E-state index contributed by atoms with van der Waals surface area (Å²) in [5, 5.41) is 3.52. The van der Waals surface area contributed by atoms with Crippen LogP contribution >= 0.6 is 0 Å². The van der Waals surface area contributed by atoms with Crippen LogP contribution in [-0.4, -0.2) is 9.97 Å². The van der Waals surface area contributed by atoms with Gasteiger partial charge in [-0.2, -0.15) is 0 Å². The second-order valence-electron chi connectivity index (χ2n) is 4.85. The Hall–Kier alpha value is -2.74. The maximum absolute atomic E-state index is 4.52. The molecule has 2 heteroatoms. The standard InChI is InChI=1S/C18H12N2/c1-2-4-18-15(3-1)10-17(12-20-18)14-6-5-13-7-8-19-11-16(13)9-14/h1-12H. The molecule has 94 valence electrons. The van der Waals surface area contributed by atoms with Gasteiger partial charge in [-0.25, -0.2) is 0 Å². The van der Waals surface area contributed by atoms with Gasteiger partial charge in [0, 0.05) is 34.9 Å². The number of aromatic nitrogens is 2. The van der Waals surface area contributed by atoms with Gasteiger partial charge in [0.05, 0.1) is 5.52 Å². The van der Waals surface area contributed by atoms with Gasteiger partial charge in [-0.1, -0.05) is 30.3 Å². The lowest BCUT2D eigenvalue weighted by Crippen LogP contribution is -1.83. The molecule has 4 aromatic rings. The predicted octanol–water partition coefficient (Wildman–Crippen LogP) is 4.45. The summed E-state index contributed by atoms with van der Waals surface area (Å²) in [6.45, 7) is 0. The largest absolute Gasteiger partial charge is 0.264 e. The van der Waals surface area contributed by atoms with Crippen molar-refractivity contribution in [2.75, 3.05) is 0 Å². The van der Waals surface area contributed by atoms with Gasteiger partial charge in [-0.3, -0.25) is 9.97 Å². The summed E-state index contributed by atoms with van der Waals surface area (Å²) in [4.78, 5) is 8.70. The number of nitrogens with zero attached hydrogens (tertiary/aromatic N) is 2. The molecule has 2 heterocycles. The van der Waals surface area contributed by atoms with Crippen LogP contribution in [0.5, 0.6) is 0 Å². The van der Waals surface area contributed by atoms with Gasteiger partial charge in [-0.15, -0.1) is 0 Å². The smallest absolute Gasteiger partial charge is 0.0702 e. The highest BCUT2D eigenvalue weighted by atomic mass is 14.6. The first-order valence-corrected chi connectivity index (χ1v) is 6.59. The first kappa shape index (κ1) is 11.1. The van der Waals surface area contributed by atoms with E-state index >= 15 is 0 Å². The molecule has 0 amide bonds. The van der Waals surface area contributed by atoms with Crippen LogP contribution in [-0.2, 0) is 0 Å². The van der Waals surface area contributed by atoms with Crippen LogP contribution < -0.4 is 0 Å². The summed E-state index contributed by atoms with van der Waals surface area (Å²) in [5.41, 5.74) is 3.33. The van der Waals surface area contributed by atoms with E-state index in [2.05, 4.69) is 40.3 Å². The van der Waals surface area contributed by atoms with Crippen LogP contribution in [0.1, 0.15) is 0 Å². The minimum Gasteiger partial charge on any atom is -0.264 e. The zero-order chi connectivity index (χ0) is 13.4. The molecule has 0 spiro atoms. The molecule has 2 aromatic heterocycles. The molecule has 0 aliphatic heterocycles. The topological polar surface area (TPSA) is 25.8 Å². The number of rotatable bonds is 1. The minimum atomic E-state index is 1.03. The van der Waals surface area contributed by atoms with Crippen LogP contribution in [0, 0.1) is 0 Å². The molecule has 0 unspecified atom stereocenters. The van der Waals surface area contributed by atoms with Crippen LogP contribution in [0.3, 0.4) is 0 Å². The first-order chi connectivity index (χ1) is 9.90. The average Bonchev–Trinajstić information content (AvgIpc) is 2.54. The Morgan fingerprint density at radius 2 is 1.55 bits per heavy atom. The number of hydrogen-bond acceptors (Lipinski definition) is 2. The zero-order valence-corrected chi connectivity index (χ0v) is 10.8. The molecule has 0 aliphatic carbocycles. The molecule has 0 N–H and O–H groups in total. The molecule has 0 saturated heterocycles. The highest BCUT2D eigenvalue weighted by molar-refractivity contribution is 5.89. The number of hydrogen-bond donors (Lipinski definition) is 0. The van der Waals surface area contributed by atoms with Crippen LogP contribution in [0.25, 0.3) is 32.8 Å². The molecule has 0 bridgehead atoms. The SMILES string of the molecule is c1ccc2ncc(-c3ccc4ccncc4c3)cc2c1. The van der Waals surface area contributed by atoms with Gasteiger partial charge in [0.1, 0.15) is 0 Å². The average molecular weight is 256 g/mol. The summed E-state index contributed by atoms with van der Waals surface area (Å²) >= 11 is 0. The molecule has 0 atom stereocenters. The normalized spacial score (nSPS) is 11.0. The van der Waals surface area contributed by atoms with Gasteiger partial charge in [-0.05, 0) is 35.2 Å². The van der Waals surface area contributed by atoms with Gasteiger partial charge in [0.15, 0.2) is 0 Å². The van der Waals surface area contributed by atoms with Crippen LogP contribution in [0.15, 0.2) is 73.2 Å². The molecular weight excluding hydrogens is 244 g/mol. The fraction of sp³-hybridized carbons (Fsp3) is 0. The van der Waals surface area contributed by atoms with E-state index < -0.39 is 0 Å². The van der Waals surface area contributed by atoms with Crippen molar-refractivity contribution in [3.05, 3.63) is 73.2 Å². The van der Waals surface area contributed by atoms with Crippen molar-refractivity contribution in [3.8, 4) is 11.1 Å². The summed E-state index contributed by atoms with van der Waals surface area (Å²) in [7, 11) is 0. The van der Waals surface area contributed by atoms with Crippen molar-refractivity contribution in [1.29, 1.82) is 0 Å². The summed E-state index contributed by atoms with van der Waals surface area (Å²) < 4.78 is 0. The van der Waals surface area contributed by atoms with E-state index in [0.29, 0.717) is 0 Å². The molecule has 2 nitrogen and oxygen atoms in total. The maximum Gasteiger partial charge on any atom is 0.0702 e. The van der Waals surface area contributed by atoms with Crippen molar-refractivity contribution in [2.45, 2.75) is 0 Å². The quantitative estimate of drug-likeness (QED) is 0.503. The third-order valence-corrected chi connectivity index (χ3v) is 3.56. The zero-order valence-electron chi connectivity index (χ0n) is 10.8. The lowest BCUT2D eigenvalue weighted by Gasteiger charge is -2.05. The van der Waals surface area contributed by atoms with E-state index in [1.807, 2.05) is 42.9 Å². The van der Waals surface area contributed by atoms with Crippen LogP contribution in [0.4, 0.5) is 0 Å². The number of para-hydroxylation sites is 1. The highest BCUT2D eigenvalue weighted by Crippen LogP contribution is 2.25. The Bertz CT molecular complexity index is 836. The lowest BCUT2D eigenvalue weighted by atomic mass is 10.0. The highest BCUT2D eigenvalue weighted by Gasteiger charge is 2.02. The third kappa shape index (κ3) is 1.82. The number of pyridine rings is 2. The lowest BCUT2D eigenvalue weighted by molar-refractivity contribution is 1.36. The monoisotopic (exact) mass is 256 g/mol. The van der Waals surface area contributed by atoms with E-state index in [4.69, 9.17) is 0 Å². The summed E-state index contributed by atoms with van der Waals surface area (Å²) in [5.74, 6) is 0. The number of fused-ring (bicyclic) bond motifs is 2. The second-order valence-corrected chi connectivity index (χ2v) is 4.85. The van der Waals surface area contributed by atoms with Gasteiger partial charge >= 0.3 is 0 Å². The van der Waals surface area contributed by atoms with Crippen molar-refractivity contribution in [2.24, 2.45) is 0 Å². The Balaban J connectivity index is 1.91. The molecule has 0 saturated carbocycles. The van der Waals surface area contributed by atoms with Gasteiger partial charge < -0.3 is 0 Å². The van der Waals surface area contributed by atoms with Crippen molar-refractivity contribution in [3.63, 3.8) is 0 Å². The van der Waals surface area contributed by atoms with E-state index in [9.17, 15) is 0 Å². The summed E-state index contributed by atoms with van der Waals surface area (Å²) in [6, 6.07) is 18.8. The van der Waals surface area contributed by atoms with Crippen molar-refractivity contribution < 1.29 is 0 Å². The van der Waals surface area contributed by atoms with Crippen molar-refractivity contribution >= 4 is 21.7 Å².